The van der Waals surface area contributed by atoms with Gasteiger partial charge in [-0.2, -0.15) is 5.10 Å². The minimum absolute atomic E-state index is 0. The van der Waals surface area contributed by atoms with Gasteiger partial charge in [0.1, 0.15) is 5.82 Å². The second-order valence-electron chi connectivity index (χ2n) is 7.37. The Labute approximate surface area is 199 Å². The van der Waals surface area contributed by atoms with Gasteiger partial charge in [-0.15, -0.1) is 24.0 Å². The number of benzene rings is 1. The van der Waals surface area contributed by atoms with E-state index in [0.717, 1.165) is 66.9 Å². The van der Waals surface area contributed by atoms with E-state index in [4.69, 9.17) is 16.6 Å². The van der Waals surface area contributed by atoms with Gasteiger partial charge in [0.2, 0.25) is 0 Å². The third-order valence-electron chi connectivity index (χ3n) is 5.28. The molecule has 0 bridgehead atoms. The summed E-state index contributed by atoms with van der Waals surface area (Å²) in [5.41, 5.74) is 2.34. The molecule has 4 rings (SSSR count). The van der Waals surface area contributed by atoms with Crippen LogP contribution >= 0.6 is 35.6 Å². The van der Waals surface area contributed by atoms with Crippen LogP contribution in [0.1, 0.15) is 37.5 Å². The number of nitrogens with one attached hydrogen (secondary N) is 3. The summed E-state index contributed by atoms with van der Waals surface area (Å²) < 4.78 is 2.04. The molecule has 0 saturated heterocycles. The average molecular weight is 542 g/mol. The van der Waals surface area contributed by atoms with Crippen molar-refractivity contribution in [2.24, 2.45) is 4.99 Å². The molecule has 162 valence electrons. The van der Waals surface area contributed by atoms with Crippen molar-refractivity contribution in [3.63, 3.8) is 0 Å². The predicted molar refractivity (Wildman–Crippen MR) is 133 cm³/mol. The zero-order valence-corrected chi connectivity index (χ0v) is 20.5. The molecule has 0 fully saturated rings. The lowest BCUT2D eigenvalue weighted by Crippen LogP contribution is -2.47. The fraction of sp³-hybridized carbons (Fsp3) is 0.476. The summed E-state index contributed by atoms with van der Waals surface area (Å²) >= 11 is 6.16. The Morgan fingerprint density at radius 3 is 3.03 bits per heavy atom. The highest BCUT2D eigenvalue weighted by Gasteiger charge is 2.22. The highest BCUT2D eigenvalue weighted by Crippen LogP contribution is 2.22. The Morgan fingerprint density at radius 1 is 1.37 bits per heavy atom. The van der Waals surface area contributed by atoms with E-state index in [-0.39, 0.29) is 24.0 Å². The second kappa shape index (κ2) is 10.5. The van der Waals surface area contributed by atoms with Crippen LogP contribution in [0.5, 0.6) is 0 Å². The molecule has 1 atom stereocenters. The molecule has 0 saturated carbocycles. The Bertz CT molecular complexity index is 1010. The summed E-state index contributed by atoms with van der Waals surface area (Å²) in [4.78, 5) is 12.7. The third kappa shape index (κ3) is 5.26. The summed E-state index contributed by atoms with van der Waals surface area (Å²) in [6.45, 7) is 6.54. The number of rotatable bonds is 6. The van der Waals surface area contributed by atoms with Crippen LogP contribution in [0.3, 0.4) is 0 Å². The number of aryl methyl sites for hydroxylation is 2. The van der Waals surface area contributed by atoms with Crippen molar-refractivity contribution in [2.45, 2.75) is 52.1 Å². The number of hydrogen-bond donors (Lipinski definition) is 3. The van der Waals surface area contributed by atoms with Gasteiger partial charge in [-0.25, -0.2) is 9.67 Å². The highest BCUT2D eigenvalue weighted by atomic mass is 127. The standard InChI is InChI=1S/C21H28ClN7.HI/c1-3-19-27-20-8-6-16(13-29(20)28-19)26-21(23-4-2)24-10-9-14-12-25-18-7-5-15(22)11-17(14)18;/h5,7,11-12,16,25H,3-4,6,8-10,13H2,1-2H3,(H2,23,24,26);1H. The molecule has 9 heteroatoms. The Hall–Kier alpha value is -1.81. The molecule has 30 heavy (non-hydrogen) atoms. The van der Waals surface area contributed by atoms with Gasteiger partial charge in [-0.1, -0.05) is 18.5 Å². The molecule has 1 aliphatic rings. The van der Waals surface area contributed by atoms with Crippen LogP contribution in [-0.4, -0.2) is 44.8 Å². The number of nitrogens with zero attached hydrogens (tertiary/aromatic N) is 4. The first-order valence-corrected chi connectivity index (χ1v) is 10.8. The maximum absolute atomic E-state index is 6.16. The minimum atomic E-state index is 0. The van der Waals surface area contributed by atoms with Crippen LogP contribution in [-0.2, 0) is 25.8 Å². The van der Waals surface area contributed by atoms with Gasteiger partial charge in [0.25, 0.3) is 0 Å². The van der Waals surface area contributed by atoms with E-state index in [9.17, 15) is 0 Å². The number of halogens is 2. The number of guanidine groups is 1. The van der Waals surface area contributed by atoms with Crippen molar-refractivity contribution in [3.05, 3.63) is 46.6 Å². The quantitative estimate of drug-likeness (QED) is 0.252. The summed E-state index contributed by atoms with van der Waals surface area (Å²) in [6, 6.07) is 6.24. The molecule has 0 aliphatic carbocycles. The largest absolute Gasteiger partial charge is 0.361 e. The highest BCUT2D eigenvalue weighted by molar-refractivity contribution is 14.0. The molecule has 3 aromatic rings. The summed E-state index contributed by atoms with van der Waals surface area (Å²) in [5, 5.41) is 13.5. The normalized spacial score (nSPS) is 16.2. The predicted octanol–water partition coefficient (Wildman–Crippen LogP) is 3.71. The van der Waals surface area contributed by atoms with Crippen LogP contribution in [0.2, 0.25) is 5.02 Å². The monoisotopic (exact) mass is 541 g/mol. The van der Waals surface area contributed by atoms with Crippen LogP contribution in [0, 0.1) is 0 Å². The second-order valence-corrected chi connectivity index (χ2v) is 7.81. The molecular weight excluding hydrogens is 513 g/mol. The lowest BCUT2D eigenvalue weighted by molar-refractivity contribution is 0.392. The molecule has 3 N–H and O–H groups in total. The van der Waals surface area contributed by atoms with Crippen molar-refractivity contribution >= 4 is 52.4 Å². The molecule has 2 aromatic heterocycles. The van der Waals surface area contributed by atoms with Gasteiger partial charge in [0.15, 0.2) is 11.8 Å². The lowest BCUT2D eigenvalue weighted by Gasteiger charge is -2.25. The summed E-state index contributed by atoms with van der Waals surface area (Å²) in [7, 11) is 0. The van der Waals surface area contributed by atoms with Crippen molar-refractivity contribution in [2.75, 3.05) is 13.1 Å². The molecule has 0 radical (unpaired) electrons. The maximum atomic E-state index is 6.16. The number of fused-ring (bicyclic) bond motifs is 2. The molecule has 1 aromatic carbocycles. The molecule has 7 nitrogen and oxygen atoms in total. The van der Waals surface area contributed by atoms with Crippen molar-refractivity contribution < 1.29 is 0 Å². The van der Waals surface area contributed by atoms with Crippen molar-refractivity contribution in [3.8, 4) is 0 Å². The van der Waals surface area contributed by atoms with E-state index in [1.807, 2.05) is 22.9 Å². The van der Waals surface area contributed by atoms with Crippen LogP contribution in [0.25, 0.3) is 10.9 Å². The smallest absolute Gasteiger partial charge is 0.191 e. The molecular formula is C21H29ClIN7. The summed E-state index contributed by atoms with van der Waals surface area (Å²) in [5.74, 6) is 2.88. The number of H-pyrrole nitrogens is 1. The van der Waals surface area contributed by atoms with Crippen molar-refractivity contribution in [1.29, 1.82) is 0 Å². The number of aromatic amines is 1. The van der Waals surface area contributed by atoms with E-state index < -0.39 is 0 Å². The van der Waals surface area contributed by atoms with E-state index in [1.54, 1.807) is 0 Å². The maximum Gasteiger partial charge on any atom is 0.191 e. The fourth-order valence-corrected chi connectivity index (χ4v) is 3.96. The number of aromatic nitrogens is 4. The van der Waals surface area contributed by atoms with Gasteiger partial charge >= 0.3 is 0 Å². The first-order chi connectivity index (χ1) is 14.2. The van der Waals surface area contributed by atoms with Gasteiger partial charge in [-0.05, 0) is 43.5 Å². The van der Waals surface area contributed by atoms with Crippen molar-refractivity contribution in [1.82, 2.24) is 30.4 Å². The van der Waals surface area contributed by atoms with E-state index in [2.05, 4.69) is 45.7 Å². The lowest BCUT2D eigenvalue weighted by atomic mass is 10.1. The van der Waals surface area contributed by atoms with Gasteiger partial charge < -0.3 is 15.6 Å². The first-order valence-electron chi connectivity index (χ1n) is 10.4. The number of aliphatic imine (C=N–C) groups is 1. The first kappa shape index (κ1) is 22.9. The van der Waals surface area contributed by atoms with E-state index in [1.165, 1.54) is 10.9 Å². The third-order valence-corrected chi connectivity index (χ3v) is 5.52. The molecule has 1 aliphatic heterocycles. The van der Waals surface area contributed by atoms with Crippen LogP contribution < -0.4 is 10.6 Å². The van der Waals surface area contributed by atoms with Crippen LogP contribution in [0.4, 0.5) is 0 Å². The van der Waals surface area contributed by atoms with Gasteiger partial charge in [0, 0.05) is 54.1 Å². The Balaban J connectivity index is 0.00000256. The van der Waals surface area contributed by atoms with Gasteiger partial charge in [-0.3, -0.25) is 4.99 Å². The van der Waals surface area contributed by atoms with E-state index in [0.29, 0.717) is 12.6 Å². The topological polar surface area (TPSA) is 82.9 Å². The molecule has 0 amide bonds. The molecule has 0 spiro atoms. The Kier molecular flexibility index (Phi) is 7.99. The average Bonchev–Trinajstić information content (AvgIpc) is 3.31. The van der Waals surface area contributed by atoms with Gasteiger partial charge in [0.05, 0.1) is 6.54 Å². The summed E-state index contributed by atoms with van der Waals surface area (Å²) in [6.07, 6.45) is 5.76. The molecule has 3 heterocycles. The van der Waals surface area contributed by atoms with E-state index >= 15 is 0 Å². The molecule has 1 unspecified atom stereocenters. The van der Waals surface area contributed by atoms with Crippen LogP contribution in [0.15, 0.2) is 29.4 Å². The Morgan fingerprint density at radius 2 is 2.23 bits per heavy atom. The zero-order chi connectivity index (χ0) is 20.2. The fourth-order valence-electron chi connectivity index (χ4n) is 3.79. The SMILES string of the molecule is CCNC(=NCCc1c[nH]c2ccc(Cl)cc12)NC1CCc2nc(CC)nn2C1.I. The minimum Gasteiger partial charge on any atom is -0.361 e. The zero-order valence-electron chi connectivity index (χ0n) is 17.4. The number of hydrogen-bond acceptors (Lipinski definition) is 3.